The lowest BCUT2D eigenvalue weighted by Gasteiger charge is -2.32. The lowest BCUT2D eigenvalue weighted by atomic mass is 9.94. The number of hydrogen-bond donors (Lipinski definition) is 1. The van der Waals surface area contributed by atoms with Crippen LogP contribution in [0.15, 0.2) is 61.1 Å². The van der Waals surface area contributed by atoms with Gasteiger partial charge in [0.25, 0.3) is 0 Å². The normalized spacial score (nSPS) is 16.3. The molecule has 1 unspecified atom stereocenters. The molecule has 1 saturated heterocycles. The maximum absolute atomic E-state index is 12.7. The summed E-state index contributed by atoms with van der Waals surface area (Å²) in [6.45, 7) is 1.54. The summed E-state index contributed by atoms with van der Waals surface area (Å²) in [7, 11) is 0. The number of aryl methyl sites for hydroxylation is 1. The first-order chi connectivity index (χ1) is 14.8. The van der Waals surface area contributed by atoms with Crippen LogP contribution in [0.4, 0.5) is 11.9 Å². The van der Waals surface area contributed by atoms with E-state index in [4.69, 9.17) is 0 Å². The van der Waals surface area contributed by atoms with E-state index < -0.39 is 0 Å². The second kappa shape index (κ2) is 9.91. The average Bonchev–Trinajstić information content (AvgIpc) is 2.81. The van der Waals surface area contributed by atoms with Gasteiger partial charge >= 0.3 is 0 Å². The van der Waals surface area contributed by atoms with Crippen molar-refractivity contribution < 1.29 is 4.79 Å². The van der Waals surface area contributed by atoms with E-state index in [0.29, 0.717) is 24.9 Å². The Morgan fingerprint density at radius 1 is 1.00 bits per heavy atom. The SMILES string of the molecule is O=C(CCCc1ccccc1)N1CCCC(c2ccnc(Nc3ncccn3)n2)C1. The van der Waals surface area contributed by atoms with E-state index in [1.165, 1.54) is 5.56 Å². The van der Waals surface area contributed by atoms with Crippen LogP contribution in [-0.4, -0.2) is 43.8 Å². The zero-order chi connectivity index (χ0) is 20.6. The highest BCUT2D eigenvalue weighted by atomic mass is 16.2. The van der Waals surface area contributed by atoms with Gasteiger partial charge in [-0.25, -0.2) is 19.9 Å². The number of nitrogens with zero attached hydrogens (tertiary/aromatic N) is 5. The number of carbonyl (C=O) groups excluding carboxylic acids is 1. The second-order valence-corrected chi connectivity index (χ2v) is 7.52. The van der Waals surface area contributed by atoms with E-state index in [1.807, 2.05) is 29.2 Å². The molecule has 3 heterocycles. The topological polar surface area (TPSA) is 83.9 Å². The fourth-order valence-corrected chi connectivity index (χ4v) is 3.82. The predicted octanol–water partition coefficient (Wildman–Crippen LogP) is 3.74. The molecule has 4 rings (SSSR count). The lowest BCUT2D eigenvalue weighted by Crippen LogP contribution is -2.39. The molecule has 1 fully saturated rings. The van der Waals surface area contributed by atoms with Crippen LogP contribution in [-0.2, 0) is 11.2 Å². The van der Waals surface area contributed by atoms with Crippen LogP contribution in [0.1, 0.15) is 42.9 Å². The van der Waals surface area contributed by atoms with Crippen molar-refractivity contribution in [2.45, 2.75) is 38.0 Å². The third-order valence-electron chi connectivity index (χ3n) is 5.36. The maximum atomic E-state index is 12.7. The van der Waals surface area contributed by atoms with Gasteiger partial charge in [-0.05, 0) is 43.4 Å². The summed E-state index contributed by atoms with van der Waals surface area (Å²) in [5, 5.41) is 3.04. The molecule has 2 aromatic heterocycles. The Hall–Kier alpha value is -3.35. The van der Waals surface area contributed by atoms with Gasteiger partial charge in [-0.15, -0.1) is 0 Å². The smallest absolute Gasteiger partial charge is 0.229 e. The first kappa shape index (κ1) is 19.9. The number of hydrogen-bond acceptors (Lipinski definition) is 6. The van der Waals surface area contributed by atoms with Gasteiger partial charge < -0.3 is 4.90 Å². The summed E-state index contributed by atoms with van der Waals surface area (Å²) in [6, 6.07) is 14.0. The van der Waals surface area contributed by atoms with E-state index in [1.54, 1.807) is 24.7 Å². The Morgan fingerprint density at radius 2 is 1.80 bits per heavy atom. The number of aromatic nitrogens is 4. The van der Waals surface area contributed by atoms with E-state index in [-0.39, 0.29) is 11.8 Å². The molecule has 30 heavy (non-hydrogen) atoms. The molecule has 0 aliphatic carbocycles. The predicted molar refractivity (Wildman–Crippen MR) is 115 cm³/mol. The second-order valence-electron chi connectivity index (χ2n) is 7.52. The molecule has 0 bridgehead atoms. The molecule has 1 atom stereocenters. The summed E-state index contributed by atoms with van der Waals surface area (Å²) in [5.41, 5.74) is 2.23. The summed E-state index contributed by atoms with van der Waals surface area (Å²) >= 11 is 0. The van der Waals surface area contributed by atoms with Crippen molar-refractivity contribution in [2.24, 2.45) is 0 Å². The molecule has 7 heteroatoms. The largest absolute Gasteiger partial charge is 0.342 e. The summed E-state index contributed by atoms with van der Waals surface area (Å²) in [5.74, 6) is 1.40. The standard InChI is InChI=1S/C23H26N6O/c30-21(11-4-9-18-7-2-1-3-8-18)29-16-5-10-19(17-29)20-12-15-26-23(27-20)28-22-24-13-6-14-25-22/h1-3,6-8,12-15,19H,4-5,9-11,16-17H2,(H,24,25,26,27,28). The zero-order valence-electron chi connectivity index (χ0n) is 16.9. The Balaban J connectivity index is 1.33. The number of rotatable bonds is 7. The van der Waals surface area contributed by atoms with Crippen LogP contribution in [0.5, 0.6) is 0 Å². The Kier molecular flexibility index (Phi) is 6.59. The van der Waals surface area contributed by atoms with E-state index in [2.05, 4.69) is 37.4 Å². The quantitative estimate of drug-likeness (QED) is 0.648. The van der Waals surface area contributed by atoms with Crippen molar-refractivity contribution in [1.29, 1.82) is 0 Å². The first-order valence-corrected chi connectivity index (χ1v) is 10.5. The number of anilines is 2. The molecule has 1 aliphatic rings. The highest BCUT2D eigenvalue weighted by Crippen LogP contribution is 2.26. The highest BCUT2D eigenvalue weighted by Gasteiger charge is 2.25. The molecule has 154 valence electrons. The number of nitrogens with one attached hydrogen (secondary N) is 1. The maximum Gasteiger partial charge on any atom is 0.229 e. The minimum Gasteiger partial charge on any atom is -0.342 e. The molecule has 0 saturated carbocycles. The minimum atomic E-state index is 0.220. The number of carbonyl (C=O) groups is 1. The van der Waals surface area contributed by atoms with Crippen LogP contribution < -0.4 is 5.32 Å². The molecular weight excluding hydrogens is 376 g/mol. The molecule has 1 aromatic carbocycles. The van der Waals surface area contributed by atoms with Gasteiger partial charge in [-0.3, -0.25) is 10.1 Å². The van der Waals surface area contributed by atoms with Gasteiger partial charge in [0.2, 0.25) is 17.8 Å². The van der Waals surface area contributed by atoms with Crippen LogP contribution >= 0.6 is 0 Å². The van der Waals surface area contributed by atoms with Crippen LogP contribution in [0.2, 0.25) is 0 Å². The van der Waals surface area contributed by atoms with Crippen molar-refractivity contribution >= 4 is 17.8 Å². The Labute approximate surface area is 176 Å². The van der Waals surface area contributed by atoms with Gasteiger partial charge in [-0.2, -0.15) is 0 Å². The highest BCUT2D eigenvalue weighted by molar-refractivity contribution is 5.76. The molecule has 3 aromatic rings. The van der Waals surface area contributed by atoms with Gasteiger partial charge in [0.15, 0.2) is 0 Å². The van der Waals surface area contributed by atoms with Crippen molar-refractivity contribution in [3.63, 3.8) is 0 Å². The van der Waals surface area contributed by atoms with Crippen molar-refractivity contribution in [3.8, 4) is 0 Å². The fraction of sp³-hybridized carbons (Fsp3) is 0.348. The molecular formula is C23H26N6O. The molecule has 0 radical (unpaired) electrons. The number of amides is 1. The van der Waals surface area contributed by atoms with Crippen LogP contribution in [0, 0.1) is 0 Å². The van der Waals surface area contributed by atoms with Gasteiger partial charge in [0.1, 0.15) is 0 Å². The van der Waals surface area contributed by atoms with Crippen LogP contribution in [0.3, 0.4) is 0 Å². The third-order valence-corrected chi connectivity index (χ3v) is 5.36. The van der Waals surface area contributed by atoms with Gasteiger partial charge in [-0.1, -0.05) is 30.3 Å². The monoisotopic (exact) mass is 402 g/mol. The molecule has 1 aliphatic heterocycles. The first-order valence-electron chi connectivity index (χ1n) is 10.5. The van der Waals surface area contributed by atoms with Gasteiger partial charge in [0.05, 0.1) is 5.69 Å². The van der Waals surface area contributed by atoms with Crippen molar-refractivity contribution in [3.05, 3.63) is 72.3 Å². The van der Waals surface area contributed by atoms with Crippen LogP contribution in [0.25, 0.3) is 0 Å². The molecule has 0 spiro atoms. The Morgan fingerprint density at radius 3 is 2.63 bits per heavy atom. The number of piperidine rings is 1. The number of benzene rings is 1. The van der Waals surface area contributed by atoms with E-state index in [0.717, 1.165) is 37.9 Å². The molecule has 1 amide bonds. The molecule has 7 nitrogen and oxygen atoms in total. The minimum absolute atomic E-state index is 0.220. The Bertz CT molecular complexity index is 950. The van der Waals surface area contributed by atoms with E-state index in [9.17, 15) is 4.79 Å². The average molecular weight is 403 g/mol. The molecule has 1 N–H and O–H groups in total. The van der Waals surface area contributed by atoms with Gasteiger partial charge in [0, 0.05) is 44.0 Å². The summed E-state index contributed by atoms with van der Waals surface area (Å²) < 4.78 is 0. The lowest BCUT2D eigenvalue weighted by molar-refractivity contribution is -0.132. The summed E-state index contributed by atoms with van der Waals surface area (Å²) in [4.78, 5) is 31.9. The zero-order valence-corrected chi connectivity index (χ0v) is 16.9. The third kappa shape index (κ3) is 5.37. The van der Waals surface area contributed by atoms with Crippen molar-refractivity contribution in [1.82, 2.24) is 24.8 Å². The fourth-order valence-electron chi connectivity index (χ4n) is 3.82. The van der Waals surface area contributed by atoms with E-state index >= 15 is 0 Å². The summed E-state index contributed by atoms with van der Waals surface area (Å²) in [6.07, 6.45) is 9.49. The number of likely N-dealkylation sites (tertiary alicyclic amines) is 1. The van der Waals surface area contributed by atoms with Crippen molar-refractivity contribution in [2.75, 3.05) is 18.4 Å².